The quantitative estimate of drug-likeness (QED) is 0.0869. The summed E-state index contributed by atoms with van der Waals surface area (Å²) in [7, 11) is 5.53. The van der Waals surface area contributed by atoms with E-state index in [2.05, 4.69) is 82.2 Å². The van der Waals surface area contributed by atoms with Crippen LogP contribution in [0.5, 0.6) is 11.5 Å². The molecule has 5 rings (SSSR count). The molecule has 12 heteroatoms. The first-order valence-electron chi connectivity index (χ1n) is 17.4. The van der Waals surface area contributed by atoms with E-state index in [1.54, 1.807) is 13.3 Å². The van der Waals surface area contributed by atoms with Crippen molar-refractivity contribution >= 4 is 54.4 Å². The second-order valence-corrected chi connectivity index (χ2v) is 19.6. The summed E-state index contributed by atoms with van der Waals surface area (Å²) >= 11 is 0. The van der Waals surface area contributed by atoms with Crippen LogP contribution in [0.25, 0.3) is 22.2 Å². The van der Waals surface area contributed by atoms with Crippen LogP contribution in [-0.2, 0) is 11.3 Å². The lowest BCUT2D eigenvalue weighted by Gasteiger charge is -2.36. The third kappa shape index (κ3) is 8.63. The summed E-state index contributed by atoms with van der Waals surface area (Å²) in [6.07, 6.45) is 4.69. The fraction of sp³-hybridized carbons (Fsp3) is 0.350. The van der Waals surface area contributed by atoms with Gasteiger partial charge in [-0.15, -0.1) is 0 Å². The normalized spacial score (nSPS) is 11.8. The molecule has 274 valence electrons. The Hall–Kier alpha value is -5.20. The molecule has 5 aromatic rings. The second kappa shape index (κ2) is 15.6. The largest absolute Gasteiger partial charge is 0.543 e. The number of carbonyl (C=O) groups excluding carboxylic acids is 2. The average molecular weight is 722 g/mol. The molecule has 0 radical (unpaired) electrons. The topological polar surface area (TPSA) is 114 Å². The van der Waals surface area contributed by atoms with Crippen LogP contribution in [-0.4, -0.2) is 81.3 Å². The molecule has 0 spiro atoms. The molecular formula is C40H51N7O4Si. The van der Waals surface area contributed by atoms with Crippen molar-refractivity contribution in [1.82, 2.24) is 19.4 Å². The van der Waals surface area contributed by atoms with E-state index in [9.17, 15) is 9.59 Å². The molecule has 3 aromatic carbocycles. The van der Waals surface area contributed by atoms with Crippen LogP contribution in [0.15, 0.2) is 73.1 Å². The molecule has 0 aliphatic rings. The molecule has 0 saturated carbocycles. The highest BCUT2D eigenvalue weighted by atomic mass is 28.4. The third-order valence-electron chi connectivity index (χ3n) is 9.61. The Labute approximate surface area is 308 Å². The number of anilines is 4. The van der Waals surface area contributed by atoms with Gasteiger partial charge in [0.1, 0.15) is 11.5 Å². The Morgan fingerprint density at radius 3 is 2.40 bits per heavy atom. The van der Waals surface area contributed by atoms with Crippen molar-refractivity contribution in [2.24, 2.45) is 0 Å². The highest BCUT2D eigenvalue weighted by molar-refractivity contribution is 6.74. The third-order valence-corrected chi connectivity index (χ3v) is 14.0. The molecule has 1 amide bonds. The number of fused-ring (bicyclic) bond motifs is 1. The van der Waals surface area contributed by atoms with Gasteiger partial charge in [0.25, 0.3) is 8.32 Å². The summed E-state index contributed by atoms with van der Waals surface area (Å²) < 4.78 is 14.5. The SMILES string of the molecule is COc1cc(N(C)CCN(C)C)c(NC(C)=O)cc1Nc1nccc(-c2cn(Cc3ccc(O[Si](C)(C)C(C)(C)C)c(C=O)c3)c3ccccc23)n1. The van der Waals surface area contributed by atoms with Crippen molar-refractivity contribution in [2.75, 3.05) is 56.9 Å². The number of nitrogens with one attached hydrogen (secondary N) is 2. The fourth-order valence-electron chi connectivity index (χ4n) is 5.69. The van der Waals surface area contributed by atoms with Crippen molar-refractivity contribution in [3.05, 3.63) is 84.2 Å². The number of likely N-dealkylation sites (N-methyl/N-ethyl adjacent to an activating group) is 2. The van der Waals surface area contributed by atoms with Crippen molar-refractivity contribution in [1.29, 1.82) is 0 Å². The van der Waals surface area contributed by atoms with Crippen LogP contribution >= 0.6 is 0 Å². The number of para-hydroxylation sites is 1. The minimum atomic E-state index is -2.12. The summed E-state index contributed by atoms with van der Waals surface area (Å²) in [5, 5.41) is 7.34. The maximum Gasteiger partial charge on any atom is 0.250 e. The zero-order valence-corrected chi connectivity index (χ0v) is 33.0. The molecule has 0 aliphatic heterocycles. The van der Waals surface area contributed by atoms with Gasteiger partial charge in [0, 0.05) is 68.5 Å². The molecule has 0 saturated heterocycles. The second-order valence-electron chi connectivity index (χ2n) is 14.9. The number of amides is 1. The molecule has 11 nitrogen and oxygen atoms in total. The zero-order valence-electron chi connectivity index (χ0n) is 32.0. The van der Waals surface area contributed by atoms with Gasteiger partial charge >= 0.3 is 0 Å². The number of methoxy groups -OCH3 is 1. The van der Waals surface area contributed by atoms with Gasteiger partial charge in [-0.1, -0.05) is 45.0 Å². The van der Waals surface area contributed by atoms with Crippen molar-refractivity contribution < 1.29 is 18.8 Å². The summed E-state index contributed by atoms with van der Waals surface area (Å²) in [5.74, 6) is 1.42. The summed E-state index contributed by atoms with van der Waals surface area (Å²) in [6, 6.07) is 19.7. The number of aldehydes is 1. The lowest BCUT2D eigenvalue weighted by Crippen LogP contribution is -2.44. The van der Waals surface area contributed by atoms with E-state index in [1.165, 1.54) is 6.92 Å². The maximum atomic E-state index is 12.2. The van der Waals surface area contributed by atoms with Gasteiger partial charge in [-0.25, -0.2) is 9.97 Å². The smallest absolute Gasteiger partial charge is 0.250 e. The Bertz CT molecular complexity index is 2070. The molecule has 0 unspecified atom stereocenters. The number of rotatable bonds is 14. The Morgan fingerprint density at radius 2 is 1.73 bits per heavy atom. The van der Waals surface area contributed by atoms with Crippen LogP contribution in [0, 0.1) is 0 Å². The number of aromatic nitrogens is 3. The molecule has 0 fully saturated rings. The number of benzene rings is 3. The van der Waals surface area contributed by atoms with Crippen LogP contribution < -0.4 is 24.7 Å². The molecule has 2 heterocycles. The highest BCUT2D eigenvalue weighted by Crippen LogP contribution is 2.40. The van der Waals surface area contributed by atoms with Crippen molar-refractivity contribution in [3.63, 3.8) is 0 Å². The minimum Gasteiger partial charge on any atom is -0.543 e. The van der Waals surface area contributed by atoms with Gasteiger partial charge in [0.15, 0.2) is 6.29 Å². The summed E-state index contributed by atoms with van der Waals surface area (Å²) in [5.41, 5.74) is 6.35. The standard InChI is InChI=1S/C40H51N7O4Si/c1-27(49)42-33-22-34(38(50-8)23-36(33)46(7)20-19-45(5)6)44-39-41-18-17-32(43-39)31-25-47(35-14-12-11-13-30(31)35)24-28-15-16-37(29(21-28)26-48)51-52(9,10)40(2,3)4/h11-18,21-23,25-26H,19-20,24H2,1-10H3,(H,42,49)(H,41,43,44). The molecular weight excluding hydrogens is 671 g/mol. The van der Waals surface area contributed by atoms with Gasteiger partial charge in [-0.05, 0) is 68.1 Å². The Balaban J connectivity index is 1.46. The lowest BCUT2D eigenvalue weighted by atomic mass is 10.1. The first-order valence-corrected chi connectivity index (χ1v) is 20.3. The van der Waals surface area contributed by atoms with E-state index in [4.69, 9.17) is 14.1 Å². The average Bonchev–Trinajstić information content (AvgIpc) is 3.45. The van der Waals surface area contributed by atoms with Gasteiger partial charge in [-0.3, -0.25) is 9.59 Å². The molecule has 0 aliphatic carbocycles. The van der Waals surface area contributed by atoms with E-state index in [0.717, 1.165) is 52.8 Å². The minimum absolute atomic E-state index is 0.0116. The number of ether oxygens (including phenoxy) is 1. The summed E-state index contributed by atoms with van der Waals surface area (Å²) in [4.78, 5) is 38.0. The van der Waals surface area contributed by atoms with E-state index in [0.29, 0.717) is 40.9 Å². The predicted octanol–water partition coefficient (Wildman–Crippen LogP) is 8.05. The van der Waals surface area contributed by atoms with E-state index >= 15 is 0 Å². The van der Waals surface area contributed by atoms with Crippen LogP contribution in [0.3, 0.4) is 0 Å². The number of nitrogens with zero attached hydrogens (tertiary/aromatic N) is 5. The fourth-order valence-corrected chi connectivity index (χ4v) is 6.73. The molecule has 52 heavy (non-hydrogen) atoms. The predicted molar refractivity (Wildman–Crippen MR) is 214 cm³/mol. The molecule has 2 N–H and O–H groups in total. The number of hydrogen-bond donors (Lipinski definition) is 2. The lowest BCUT2D eigenvalue weighted by molar-refractivity contribution is -0.114. The zero-order chi connectivity index (χ0) is 37.8. The first-order chi connectivity index (χ1) is 24.6. The van der Waals surface area contributed by atoms with Crippen molar-refractivity contribution in [3.8, 4) is 22.8 Å². The van der Waals surface area contributed by atoms with E-state index < -0.39 is 8.32 Å². The van der Waals surface area contributed by atoms with E-state index in [-0.39, 0.29) is 10.9 Å². The van der Waals surface area contributed by atoms with Crippen LogP contribution in [0.1, 0.15) is 43.6 Å². The van der Waals surface area contributed by atoms with Gasteiger partial charge < -0.3 is 34.2 Å². The first kappa shape index (κ1) is 38.0. The van der Waals surface area contributed by atoms with Crippen molar-refractivity contribution in [2.45, 2.75) is 52.4 Å². The molecule has 2 aromatic heterocycles. The van der Waals surface area contributed by atoms with E-state index in [1.807, 2.05) is 69.7 Å². The Morgan fingerprint density at radius 1 is 0.981 bits per heavy atom. The van der Waals surface area contributed by atoms with Crippen LogP contribution in [0.4, 0.5) is 23.0 Å². The van der Waals surface area contributed by atoms with Gasteiger partial charge in [0.05, 0.1) is 35.4 Å². The highest BCUT2D eigenvalue weighted by Gasteiger charge is 2.39. The van der Waals surface area contributed by atoms with Gasteiger partial charge in [0.2, 0.25) is 11.9 Å². The van der Waals surface area contributed by atoms with Crippen LogP contribution in [0.2, 0.25) is 18.1 Å². The maximum absolute atomic E-state index is 12.2. The number of hydrogen-bond acceptors (Lipinski definition) is 9. The number of carbonyl (C=O) groups is 2. The van der Waals surface area contributed by atoms with Gasteiger partial charge in [-0.2, -0.15) is 0 Å². The molecule has 0 bridgehead atoms. The Kier molecular flexibility index (Phi) is 11.4. The molecule has 0 atom stereocenters. The summed E-state index contributed by atoms with van der Waals surface area (Å²) in [6.45, 7) is 14.6. The monoisotopic (exact) mass is 721 g/mol.